The number of carbonyl (C=O) groups is 2. The predicted octanol–water partition coefficient (Wildman–Crippen LogP) is 4.20. The van der Waals surface area contributed by atoms with Crippen LogP contribution in [0.15, 0.2) is 18.2 Å². The third kappa shape index (κ3) is 4.13. The van der Waals surface area contributed by atoms with Crippen molar-refractivity contribution in [1.82, 2.24) is 9.80 Å². The Kier molecular flexibility index (Phi) is 5.80. The number of carbonyl (C=O) groups excluding carboxylic acids is 2. The van der Waals surface area contributed by atoms with Crippen molar-refractivity contribution in [3.63, 3.8) is 0 Å². The molecule has 1 saturated heterocycles. The van der Waals surface area contributed by atoms with Gasteiger partial charge in [-0.15, -0.1) is 0 Å². The molecule has 5 rings (SSSR count). The van der Waals surface area contributed by atoms with E-state index in [0.29, 0.717) is 17.7 Å². The molecule has 0 spiro atoms. The smallest absolute Gasteiger partial charge is 0.228 e. The Morgan fingerprint density at radius 1 is 1.03 bits per heavy atom. The molecule has 3 unspecified atom stereocenters. The van der Waals surface area contributed by atoms with Crippen LogP contribution in [0.2, 0.25) is 0 Å². The molecule has 1 aromatic rings. The number of piperazine rings is 1. The molecule has 4 fully saturated rings. The molecule has 1 aromatic carbocycles. The lowest BCUT2D eigenvalue weighted by Gasteiger charge is -2.41. The SMILES string of the molecule is Cc1c(CN2CCN(C(=O)C3CCCC3)C(C)C2)cccc1NC(=O)C1C2CCCC21. The number of hydrogen-bond acceptors (Lipinski definition) is 3. The van der Waals surface area contributed by atoms with Crippen LogP contribution in [0.1, 0.15) is 63.0 Å². The first-order chi connectivity index (χ1) is 15.0. The molecular formula is C26H37N3O2. The van der Waals surface area contributed by atoms with Gasteiger partial charge in [-0.05, 0) is 68.6 Å². The number of hydrogen-bond donors (Lipinski definition) is 1. The highest BCUT2D eigenvalue weighted by Crippen LogP contribution is 2.57. The van der Waals surface area contributed by atoms with E-state index < -0.39 is 0 Å². The topological polar surface area (TPSA) is 52.6 Å². The van der Waals surface area contributed by atoms with E-state index in [-0.39, 0.29) is 23.8 Å². The molecular weight excluding hydrogens is 386 g/mol. The number of nitrogens with one attached hydrogen (secondary N) is 1. The van der Waals surface area contributed by atoms with Gasteiger partial charge in [0.05, 0.1) is 0 Å². The summed E-state index contributed by atoms with van der Waals surface area (Å²) in [4.78, 5) is 30.2. The maximum absolute atomic E-state index is 12.9. The van der Waals surface area contributed by atoms with Crippen LogP contribution in [0, 0.1) is 30.6 Å². The average Bonchev–Trinajstić information content (AvgIpc) is 3.14. The molecule has 3 atom stereocenters. The molecule has 1 aliphatic heterocycles. The minimum atomic E-state index is 0.225. The van der Waals surface area contributed by atoms with Crippen molar-refractivity contribution < 1.29 is 9.59 Å². The van der Waals surface area contributed by atoms with Gasteiger partial charge >= 0.3 is 0 Å². The third-order valence-electron chi connectivity index (χ3n) is 8.51. The summed E-state index contributed by atoms with van der Waals surface area (Å²) >= 11 is 0. The quantitative estimate of drug-likeness (QED) is 0.772. The standard InChI is InChI=1S/C26H37N3O2/c1-17-15-28(13-14-29(17)26(31)19-7-3-4-8-19)16-20-9-5-12-23(18(20)2)27-25(30)24-21-10-6-11-22(21)24/h5,9,12,17,19,21-22,24H,3-4,6-8,10-11,13-16H2,1-2H3,(H,27,30). The Morgan fingerprint density at radius 3 is 2.48 bits per heavy atom. The van der Waals surface area contributed by atoms with Gasteiger partial charge in [-0.2, -0.15) is 0 Å². The van der Waals surface area contributed by atoms with E-state index in [1.807, 2.05) is 6.07 Å². The highest BCUT2D eigenvalue weighted by atomic mass is 16.2. The predicted molar refractivity (Wildman–Crippen MR) is 123 cm³/mol. The van der Waals surface area contributed by atoms with Gasteiger partial charge in [-0.3, -0.25) is 14.5 Å². The second-order valence-electron chi connectivity index (χ2n) is 10.5. The van der Waals surface area contributed by atoms with E-state index in [1.54, 1.807) is 0 Å². The summed E-state index contributed by atoms with van der Waals surface area (Å²) in [6.45, 7) is 7.86. The largest absolute Gasteiger partial charge is 0.337 e. The minimum Gasteiger partial charge on any atom is -0.337 e. The summed E-state index contributed by atoms with van der Waals surface area (Å²) in [5.41, 5.74) is 3.42. The van der Waals surface area contributed by atoms with E-state index in [9.17, 15) is 9.59 Å². The van der Waals surface area contributed by atoms with Gasteiger partial charge in [-0.25, -0.2) is 0 Å². The Labute approximate surface area is 186 Å². The Bertz CT molecular complexity index is 837. The van der Waals surface area contributed by atoms with Crippen LogP contribution in [-0.2, 0) is 16.1 Å². The number of amides is 2. The summed E-state index contributed by atoms with van der Waals surface area (Å²) in [5, 5.41) is 3.23. The first-order valence-electron chi connectivity index (χ1n) is 12.4. The second kappa shape index (κ2) is 8.57. The zero-order chi connectivity index (χ0) is 21.5. The van der Waals surface area contributed by atoms with Crippen molar-refractivity contribution in [2.45, 2.75) is 71.4 Å². The minimum absolute atomic E-state index is 0.225. The van der Waals surface area contributed by atoms with Gasteiger partial charge < -0.3 is 10.2 Å². The van der Waals surface area contributed by atoms with Crippen LogP contribution in [0.4, 0.5) is 5.69 Å². The summed E-state index contributed by atoms with van der Waals surface area (Å²) in [6.07, 6.45) is 8.32. The zero-order valence-electron chi connectivity index (χ0n) is 19.1. The maximum Gasteiger partial charge on any atom is 0.228 e. The van der Waals surface area contributed by atoms with Gasteiger partial charge in [0, 0.05) is 49.7 Å². The van der Waals surface area contributed by atoms with Gasteiger partial charge in [0.1, 0.15) is 0 Å². The van der Waals surface area contributed by atoms with Crippen molar-refractivity contribution in [2.75, 3.05) is 25.0 Å². The molecule has 0 radical (unpaired) electrons. The van der Waals surface area contributed by atoms with E-state index in [0.717, 1.165) is 44.7 Å². The summed E-state index contributed by atoms with van der Waals surface area (Å²) < 4.78 is 0. The fourth-order valence-electron chi connectivity index (χ4n) is 6.57. The molecule has 2 amide bonds. The number of rotatable bonds is 5. The van der Waals surface area contributed by atoms with Crippen LogP contribution in [0.25, 0.3) is 0 Å². The van der Waals surface area contributed by atoms with E-state index in [4.69, 9.17) is 0 Å². The van der Waals surface area contributed by atoms with Crippen LogP contribution < -0.4 is 5.32 Å². The van der Waals surface area contributed by atoms with Crippen molar-refractivity contribution in [2.24, 2.45) is 23.7 Å². The number of anilines is 1. The molecule has 4 aliphatic rings. The average molecular weight is 424 g/mol. The van der Waals surface area contributed by atoms with E-state index in [2.05, 4.69) is 41.1 Å². The molecule has 0 aromatic heterocycles. The molecule has 1 N–H and O–H groups in total. The van der Waals surface area contributed by atoms with Crippen LogP contribution >= 0.6 is 0 Å². The van der Waals surface area contributed by atoms with E-state index >= 15 is 0 Å². The van der Waals surface area contributed by atoms with Gasteiger partial charge in [0.2, 0.25) is 11.8 Å². The number of fused-ring (bicyclic) bond motifs is 1. The molecule has 0 bridgehead atoms. The van der Waals surface area contributed by atoms with Crippen molar-refractivity contribution in [1.29, 1.82) is 0 Å². The normalized spacial score (nSPS) is 31.0. The molecule has 31 heavy (non-hydrogen) atoms. The molecule has 1 heterocycles. The van der Waals surface area contributed by atoms with Crippen molar-refractivity contribution >= 4 is 17.5 Å². The van der Waals surface area contributed by atoms with Crippen molar-refractivity contribution in [3.8, 4) is 0 Å². The first kappa shape index (κ1) is 21.0. The molecule has 3 aliphatic carbocycles. The van der Waals surface area contributed by atoms with Gasteiger partial charge in [0.25, 0.3) is 0 Å². The van der Waals surface area contributed by atoms with Crippen molar-refractivity contribution in [3.05, 3.63) is 29.3 Å². The van der Waals surface area contributed by atoms with Crippen LogP contribution in [0.3, 0.4) is 0 Å². The first-order valence-corrected chi connectivity index (χ1v) is 12.4. The summed E-state index contributed by atoms with van der Waals surface area (Å²) in [7, 11) is 0. The molecule has 168 valence electrons. The van der Waals surface area contributed by atoms with Crippen LogP contribution in [0.5, 0.6) is 0 Å². The Morgan fingerprint density at radius 2 is 1.77 bits per heavy atom. The summed E-state index contributed by atoms with van der Waals surface area (Å²) in [5.74, 6) is 2.42. The summed E-state index contributed by atoms with van der Waals surface area (Å²) in [6, 6.07) is 6.54. The molecule has 5 heteroatoms. The monoisotopic (exact) mass is 423 g/mol. The lowest BCUT2D eigenvalue weighted by atomic mass is 10.0. The highest BCUT2D eigenvalue weighted by molar-refractivity contribution is 5.95. The van der Waals surface area contributed by atoms with Crippen LogP contribution in [-0.4, -0.2) is 47.3 Å². The lowest BCUT2D eigenvalue weighted by Crippen LogP contribution is -2.54. The molecule has 5 nitrogen and oxygen atoms in total. The fraction of sp³-hybridized carbons (Fsp3) is 0.692. The number of nitrogens with zero attached hydrogens (tertiary/aromatic N) is 2. The second-order valence-corrected chi connectivity index (χ2v) is 10.5. The number of benzene rings is 1. The Balaban J connectivity index is 1.18. The Hall–Kier alpha value is -1.88. The maximum atomic E-state index is 12.9. The lowest BCUT2D eigenvalue weighted by molar-refractivity contribution is -0.140. The van der Waals surface area contributed by atoms with Gasteiger partial charge in [-0.1, -0.05) is 31.4 Å². The highest BCUT2D eigenvalue weighted by Gasteiger charge is 2.56. The van der Waals surface area contributed by atoms with Gasteiger partial charge in [0.15, 0.2) is 0 Å². The third-order valence-corrected chi connectivity index (χ3v) is 8.51. The van der Waals surface area contributed by atoms with E-state index in [1.165, 1.54) is 43.2 Å². The zero-order valence-corrected chi connectivity index (χ0v) is 19.1. The fourth-order valence-corrected chi connectivity index (χ4v) is 6.57. The molecule has 3 saturated carbocycles.